The smallest absolute Gasteiger partial charge is 0.331 e. The van der Waals surface area contributed by atoms with E-state index >= 15 is 0 Å². The summed E-state index contributed by atoms with van der Waals surface area (Å²) in [6, 6.07) is 51.4. The van der Waals surface area contributed by atoms with Gasteiger partial charge in [0.15, 0.2) is 0 Å². The first kappa shape index (κ1) is 35.0. The molecular formula is C38H34Cl2FeO2P2. The summed E-state index contributed by atoms with van der Waals surface area (Å²) in [6.45, 7) is 0. The minimum Gasteiger partial charge on any atom is -0.331 e. The normalized spacial score (nSPS) is 11.2. The molecule has 0 aliphatic heterocycles. The van der Waals surface area contributed by atoms with Crippen LogP contribution in [0.4, 0.5) is 0 Å². The van der Waals surface area contributed by atoms with E-state index in [0.29, 0.717) is 40.0 Å². The van der Waals surface area contributed by atoms with Crippen LogP contribution in [0.25, 0.3) is 0 Å². The maximum absolute atomic E-state index is 13.8. The number of hydrogen-bond donors (Lipinski definition) is 0. The summed E-state index contributed by atoms with van der Waals surface area (Å²) in [7, 11) is -5.22. The van der Waals surface area contributed by atoms with Crippen LogP contribution >= 0.6 is 37.5 Å². The number of rotatable bonds is 10. The molecule has 0 unspecified atom stereocenters. The topological polar surface area (TPSA) is 34.1 Å². The van der Waals surface area contributed by atoms with Crippen molar-refractivity contribution in [1.29, 1.82) is 0 Å². The number of benzene rings is 4. The Bertz CT molecular complexity index is 1730. The molecule has 0 spiro atoms. The van der Waals surface area contributed by atoms with Crippen LogP contribution in [0.2, 0.25) is 10.0 Å². The zero-order valence-corrected chi connectivity index (χ0v) is 29.1. The molecule has 0 N–H and O–H groups in total. The molecule has 6 aromatic rings. The van der Waals surface area contributed by atoms with Crippen LogP contribution in [0, 0.1) is 0 Å². The summed E-state index contributed by atoms with van der Waals surface area (Å²) in [5.41, 5.74) is 4.36. The van der Waals surface area contributed by atoms with Crippen LogP contribution in [0.1, 0.15) is 22.3 Å². The quantitative estimate of drug-likeness (QED) is 0.0806. The molecule has 0 heterocycles. The second-order valence-electron chi connectivity index (χ2n) is 10.9. The third kappa shape index (κ3) is 9.57. The molecule has 0 fully saturated rings. The van der Waals surface area contributed by atoms with E-state index in [1.54, 1.807) is 12.1 Å². The summed E-state index contributed by atoms with van der Waals surface area (Å²) < 4.78 is 27.5. The van der Waals surface area contributed by atoms with E-state index in [0.717, 1.165) is 27.6 Å². The van der Waals surface area contributed by atoms with Crippen molar-refractivity contribution in [3.8, 4) is 0 Å². The summed E-state index contributed by atoms with van der Waals surface area (Å²) in [6.07, 6.45) is 2.19. The van der Waals surface area contributed by atoms with Crippen molar-refractivity contribution in [2.24, 2.45) is 0 Å². The van der Waals surface area contributed by atoms with Gasteiger partial charge < -0.3 is 9.13 Å². The van der Waals surface area contributed by atoms with E-state index in [9.17, 15) is 9.13 Å². The van der Waals surface area contributed by atoms with Gasteiger partial charge in [0, 0.05) is 24.6 Å². The minimum atomic E-state index is -2.75. The molecule has 2 nitrogen and oxygen atoms in total. The molecule has 0 aliphatic carbocycles. The Morgan fingerprint density at radius 3 is 1.09 bits per heavy atom. The zero-order valence-electron chi connectivity index (χ0n) is 24.7. The van der Waals surface area contributed by atoms with E-state index in [4.69, 9.17) is 23.2 Å². The number of hydrogen-bond acceptors (Lipinski definition) is 2. The van der Waals surface area contributed by atoms with E-state index in [1.807, 2.05) is 121 Å². The Morgan fingerprint density at radius 2 is 0.778 bits per heavy atom. The molecule has 0 aliphatic rings. The molecule has 0 aromatic heterocycles. The molecule has 0 saturated heterocycles. The van der Waals surface area contributed by atoms with Gasteiger partial charge in [-0.05, 0) is 22.3 Å². The van der Waals surface area contributed by atoms with Gasteiger partial charge in [-0.1, -0.05) is 142 Å². The van der Waals surface area contributed by atoms with Crippen LogP contribution in [0.3, 0.4) is 0 Å². The van der Waals surface area contributed by atoms with Gasteiger partial charge in [0.05, 0.1) is 14.3 Å². The summed E-state index contributed by atoms with van der Waals surface area (Å²) >= 11 is 12.4. The molecule has 7 heteroatoms. The van der Waals surface area contributed by atoms with E-state index < -0.39 is 14.3 Å². The minimum absolute atomic E-state index is 0. The SMILES string of the molecule is O=P(Cc1ccccc1)(Cc1ccccc1)[c-]1ccc(Cl)c1Cl.O=P(Cc1ccccc1)(Cc1ccccc1)[c-]1cccc1.[Fe+2]. The van der Waals surface area contributed by atoms with Crippen molar-refractivity contribution in [2.45, 2.75) is 24.6 Å². The van der Waals surface area contributed by atoms with Crippen LogP contribution in [0.15, 0.2) is 158 Å². The van der Waals surface area contributed by atoms with E-state index in [1.165, 1.54) is 0 Å². The standard InChI is InChI=1S/C19H16Cl2OP.C19H18OP.Fe/c20-17-11-12-18(19(17)21)23(22,13-15-7-3-1-4-8-15)14-16-9-5-2-6-10-16;20-21(19-13-7-8-14-19,15-17-9-3-1-4-10-17)16-18-11-5-2-6-12-18;/h1-12H,13-14H2;1-14H,15-16H2;/q2*-1;+2. The second kappa shape index (κ2) is 16.6. The maximum atomic E-state index is 13.8. The first-order valence-electron chi connectivity index (χ1n) is 14.5. The molecule has 0 radical (unpaired) electrons. The van der Waals surface area contributed by atoms with Crippen molar-refractivity contribution in [3.05, 3.63) is 190 Å². The van der Waals surface area contributed by atoms with Crippen molar-refractivity contribution >= 4 is 48.1 Å². The monoisotopic (exact) mass is 710 g/mol. The van der Waals surface area contributed by atoms with Crippen molar-refractivity contribution in [3.63, 3.8) is 0 Å². The van der Waals surface area contributed by atoms with Crippen molar-refractivity contribution in [1.82, 2.24) is 0 Å². The summed E-state index contributed by atoms with van der Waals surface area (Å²) in [5, 5.41) is 2.54. The Kier molecular flexibility index (Phi) is 12.9. The van der Waals surface area contributed by atoms with Crippen LogP contribution < -0.4 is 10.6 Å². The van der Waals surface area contributed by atoms with Gasteiger partial charge in [-0.15, -0.1) is 11.6 Å². The van der Waals surface area contributed by atoms with Gasteiger partial charge in [-0.2, -0.15) is 35.9 Å². The van der Waals surface area contributed by atoms with Gasteiger partial charge in [-0.3, -0.25) is 0 Å². The Hall–Kier alpha value is -2.86. The molecule has 6 rings (SSSR count). The molecule has 0 saturated carbocycles. The Labute approximate surface area is 287 Å². The fourth-order valence-corrected chi connectivity index (χ4v) is 11.8. The zero-order chi connectivity index (χ0) is 30.8. The molecule has 0 amide bonds. The van der Waals surface area contributed by atoms with Crippen LogP contribution in [-0.4, -0.2) is 0 Å². The van der Waals surface area contributed by atoms with Crippen LogP contribution in [-0.2, 0) is 50.8 Å². The third-order valence-electron chi connectivity index (χ3n) is 7.50. The average Bonchev–Trinajstić information content (AvgIpc) is 3.71. The van der Waals surface area contributed by atoms with Gasteiger partial charge in [0.1, 0.15) is 0 Å². The molecule has 0 atom stereocenters. The van der Waals surface area contributed by atoms with Crippen molar-refractivity contribution < 1.29 is 26.2 Å². The van der Waals surface area contributed by atoms with Gasteiger partial charge in [0.2, 0.25) is 0 Å². The Balaban J connectivity index is 0.000000201. The predicted octanol–water partition coefficient (Wildman–Crippen LogP) is 10.9. The fraction of sp³-hybridized carbons (Fsp3) is 0.105. The van der Waals surface area contributed by atoms with Gasteiger partial charge in [-0.25, -0.2) is 12.1 Å². The molecule has 6 aromatic carbocycles. The predicted molar refractivity (Wildman–Crippen MR) is 189 cm³/mol. The molecule has 230 valence electrons. The average molecular weight is 711 g/mol. The molecule has 45 heavy (non-hydrogen) atoms. The maximum Gasteiger partial charge on any atom is 2.00 e. The first-order chi connectivity index (χ1) is 21.3. The van der Waals surface area contributed by atoms with Gasteiger partial charge in [0.25, 0.3) is 0 Å². The van der Waals surface area contributed by atoms with Crippen molar-refractivity contribution in [2.75, 3.05) is 0 Å². The Morgan fingerprint density at radius 1 is 0.444 bits per heavy atom. The molecular weight excluding hydrogens is 677 g/mol. The van der Waals surface area contributed by atoms with Crippen LogP contribution in [0.5, 0.6) is 0 Å². The van der Waals surface area contributed by atoms with Gasteiger partial charge >= 0.3 is 17.1 Å². The van der Waals surface area contributed by atoms with E-state index in [2.05, 4.69) is 24.3 Å². The number of halogens is 2. The first-order valence-corrected chi connectivity index (χ1v) is 19.4. The van der Waals surface area contributed by atoms with E-state index in [-0.39, 0.29) is 17.1 Å². The second-order valence-corrected chi connectivity index (χ2v) is 17.5. The summed E-state index contributed by atoms with van der Waals surface area (Å²) in [5.74, 6) is 0. The molecule has 0 bridgehead atoms. The fourth-order valence-electron chi connectivity index (χ4n) is 5.35. The largest absolute Gasteiger partial charge is 2.00 e. The third-order valence-corrected chi connectivity index (χ3v) is 14.4. The summed E-state index contributed by atoms with van der Waals surface area (Å²) in [4.78, 5) is 0.